The number of nitrogens with one attached hydrogen (secondary N) is 4. The molecular formula is C23H23N5O4. The Morgan fingerprint density at radius 2 is 1.91 bits per heavy atom. The van der Waals surface area contributed by atoms with Gasteiger partial charge in [0.25, 0.3) is 5.56 Å². The Morgan fingerprint density at radius 1 is 1.12 bits per heavy atom. The summed E-state index contributed by atoms with van der Waals surface area (Å²) in [5.41, 5.74) is 2.93. The third-order valence-electron chi connectivity index (χ3n) is 5.40. The Balaban J connectivity index is 1.64. The smallest absolute Gasteiger partial charge is 0.258 e. The van der Waals surface area contributed by atoms with Gasteiger partial charge in [-0.3, -0.25) is 19.4 Å². The number of H-pyrrole nitrogens is 1. The maximum absolute atomic E-state index is 13.0. The maximum Gasteiger partial charge on any atom is 0.258 e. The highest BCUT2D eigenvalue weighted by atomic mass is 16.5. The molecule has 4 N–H and O–H groups in total. The first kappa shape index (κ1) is 21.1. The van der Waals surface area contributed by atoms with Crippen molar-refractivity contribution in [3.63, 3.8) is 0 Å². The van der Waals surface area contributed by atoms with E-state index < -0.39 is 17.4 Å². The molecule has 0 saturated heterocycles. The maximum atomic E-state index is 13.0. The SMILES string of the molecule is COc1ccccc1Nc1nc2c(c(=O)[nH]1)[C@@H](C(=O)Nc1ccc(C)c(C)c1)CC(=O)N2. The summed E-state index contributed by atoms with van der Waals surface area (Å²) in [5, 5.41) is 8.39. The predicted octanol–water partition coefficient (Wildman–Crippen LogP) is 3.20. The van der Waals surface area contributed by atoms with Gasteiger partial charge in [0.15, 0.2) is 0 Å². The molecule has 2 aromatic carbocycles. The first-order chi connectivity index (χ1) is 15.4. The molecule has 2 heterocycles. The van der Waals surface area contributed by atoms with Gasteiger partial charge in [0.2, 0.25) is 17.8 Å². The van der Waals surface area contributed by atoms with Crippen molar-refractivity contribution in [3.05, 3.63) is 69.5 Å². The predicted molar refractivity (Wildman–Crippen MR) is 122 cm³/mol. The zero-order valence-electron chi connectivity index (χ0n) is 17.9. The number of methoxy groups -OCH3 is 1. The molecule has 0 spiro atoms. The van der Waals surface area contributed by atoms with Gasteiger partial charge in [-0.05, 0) is 49.2 Å². The number of anilines is 4. The van der Waals surface area contributed by atoms with Crippen LogP contribution in [0.4, 0.5) is 23.1 Å². The fourth-order valence-corrected chi connectivity index (χ4v) is 3.58. The third-order valence-corrected chi connectivity index (χ3v) is 5.40. The van der Waals surface area contributed by atoms with E-state index >= 15 is 0 Å². The van der Waals surface area contributed by atoms with E-state index in [4.69, 9.17) is 4.74 Å². The van der Waals surface area contributed by atoms with Crippen LogP contribution < -0.4 is 26.2 Å². The number of fused-ring (bicyclic) bond motifs is 1. The number of carbonyl (C=O) groups excluding carboxylic acids is 2. The molecule has 9 nitrogen and oxygen atoms in total. The van der Waals surface area contributed by atoms with Crippen molar-refractivity contribution in [2.45, 2.75) is 26.2 Å². The Morgan fingerprint density at radius 3 is 2.66 bits per heavy atom. The monoisotopic (exact) mass is 433 g/mol. The fourth-order valence-electron chi connectivity index (χ4n) is 3.58. The van der Waals surface area contributed by atoms with E-state index in [1.807, 2.05) is 32.0 Å². The van der Waals surface area contributed by atoms with Crippen LogP contribution in [0.1, 0.15) is 29.0 Å². The molecule has 1 aliphatic rings. The molecule has 1 aromatic heterocycles. The number of ether oxygens (including phenoxy) is 1. The summed E-state index contributed by atoms with van der Waals surface area (Å²) >= 11 is 0. The summed E-state index contributed by atoms with van der Waals surface area (Å²) in [6, 6.07) is 12.7. The van der Waals surface area contributed by atoms with Crippen molar-refractivity contribution in [2.24, 2.45) is 0 Å². The van der Waals surface area contributed by atoms with Crippen LogP contribution in [0.5, 0.6) is 5.75 Å². The number of benzene rings is 2. The zero-order valence-corrected chi connectivity index (χ0v) is 17.9. The van der Waals surface area contributed by atoms with Crippen molar-refractivity contribution in [1.82, 2.24) is 9.97 Å². The molecule has 0 saturated carbocycles. The number of rotatable bonds is 5. The van der Waals surface area contributed by atoms with Gasteiger partial charge >= 0.3 is 0 Å². The standard InChI is InChI=1S/C23H23N5O4/c1-12-8-9-14(10-13(12)2)24-21(30)15-11-18(29)26-20-19(15)22(31)28-23(27-20)25-16-6-4-5-7-17(16)32-3/h4-10,15H,11H2,1-3H3,(H,24,30)(H3,25,26,27,28,29,31)/t15-/m0/s1. The van der Waals surface area contributed by atoms with E-state index in [1.165, 1.54) is 7.11 Å². The van der Waals surface area contributed by atoms with Gasteiger partial charge in [0.1, 0.15) is 11.6 Å². The highest BCUT2D eigenvalue weighted by Crippen LogP contribution is 2.31. The Bertz CT molecular complexity index is 1270. The molecule has 4 rings (SSSR count). The molecule has 0 radical (unpaired) electrons. The molecule has 2 amide bonds. The van der Waals surface area contributed by atoms with Gasteiger partial charge in [-0.25, -0.2) is 0 Å². The van der Waals surface area contributed by atoms with Crippen LogP contribution in [0.2, 0.25) is 0 Å². The van der Waals surface area contributed by atoms with Crippen LogP contribution in [0, 0.1) is 13.8 Å². The molecule has 9 heteroatoms. The van der Waals surface area contributed by atoms with Crippen molar-refractivity contribution in [3.8, 4) is 5.75 Å². The minimum atomic E-state index is -0.961. The minimum absolute atomic E-state index is 0.0580. The van der Waals surface area contributed by atoms with Gasteiger partial charge in [0.05, 0.1) is 24.3 Å². The first-order valence-corrected chi connectivity index (χ1v) is 10.1. The summed E-state index contributed by atoms with van der Waals surface area (Å²) in [5.74, 6) is -1.06. The molecule has 32 heavy (non-hydrogen) atoms. The molecular weight excluding hydrogens is 410 g/mol. The second kappa shape index (κ2) is 8.54. The molecule has 0 fully saturated rings. The number of aromatic nitrogens is 2. The van der Waals surface area contributed by atoms with Gasteiger partial charge in [-0.1, -0.05) is 18.2 Å². The lowest BCUT2D eigenvalue weighted by molar-refractivity contribution is -0.123. The van der Waals surface area contributed by atoms with Crippen molar-refractivity contribution in [2.75, 3.05) is 23.1 Å². The average molecular weight is 433 g/mol. The quantitative estimate of drug-likeness (QED) is 0.490. The molecule has 1 atom stereocenters. The third kappa shape index (κ3) is 4.18. The fraction of sp³-hybridized carbons (Fsp3) is 0.217. The van der Waals surface area contributed by atoms with Crippen molar-refractivity contribution >= 4 is 35.0 Å². The summed E-state index contributed by atoms with van der Waals surface area (Å²) in [7, 11) is 1.53. The molecule has 164 valence electrons. The number of nitrogens with zero attached hydrogens (tertiary/aromatic N) is 1. The normalized spacial score (nSPS) is 14.8. The molecule has 0 aliphatic carbocycles. The summed E-state index contributed by atoms with van der Waals surface area (Å²) in [6.07, 6.45) is -0.145. The van der Waals surface area contributed by atoms with Gasteiger partial charge in [-0.15, -0.1) is 0 Å². The van der Waals surface area contributed by atoms with E-state index in [0.29, 0.717) is 17.1 Å². The second-order valence-corrected chi connectivity index (χ2v) is 7.60. The van der Waals surface area contributed by atoms with Crippen LogP contribution >= 0.6 is 0 Å². The lowest BCUT2D eigenvalue weighted by Gasteiger charge is -2.24. The zero-order chi connectivity index (χ0) is 22.8. The van der Waals surface area contributed by atoms with E-state index in [2.05, 4.69) is 25.9 Å². The van der Waals surface area contributed by atoms with Gasteiger partial charge in [0, 0.05) is 12.1 Å². The Labute approximate surface area is 184 Å². The number of para-hydroxylation sites is 2. The highest BCUT2D eigenvalue weighted by molar-refractivity contribution is 6.04. The van der Waals surface area contributed by atoms with Crippen molar-refractivity contribution < 1.29 is 14.3 Å². The first-order valence-electron chi connectivity index (χ1n) is 10.1. The molecule has 3 aromatic rings. The number of aromatic amines is 1. The minimum Gasteiger partial charge on any atom is -0.495 e. The molecule has 1 aliphatic heterocycles. The van der Waals surface area contributed by atoms with E-state index in [-0.39, 0.29) is 29.7 Å². The number of carbonyl (C=O) groups is 2. The molecule has 0 bridgehead atoms. The number of hydrogen-bond donors (Lipinski definition) is 4. The average Bonchev–Trinajstić information content (AvgIpc) is 2.75. The lowest BCUT2D eigenvalue weighted by Crippen LogP contribution is -2.36. The van der Waals surface area contributed by atoms with Gasteiger partial charge < -0.3 is 20.7 Å². The second-order valence-electron chi connectivity index (χ2n) is 7.60. The molecule has 0 unspecified atom stereocenters. The number of aryl methyl sites for hydroxylation is 2. The van der Waals surface area contributed by atoms with Crippen LogP contribution in [0.25, 0.3) is 0 Å². The van der Waals surface area contributed by atoms with Crippen LogP contribution in [-0.2, 0) is 9.59 Å². The highest BCUT2D eigenvalue weighted by Gasteiger charge is 2.34. The summed E-state index contributed by atoms with van der Waals surface area (Å²) < 4.78 is 5.29. The number of hydrogen-bond acceptors (Lipinski definition) is 6. The van der Waals surface area contributed by atoms with E-state index in [0.717, 1.165) is 11.1 Å². The van der Waals surface area contributed by atoms with E-state index in [9.17, 15) is 14.4 Å². The Hall–Kier alpha value is -4.14. The lowest BCUT2D eigenvalue weighted by atomic mass is 9.92. The van der Waals surface area contributed by atoms with E-state index in [1.54, 1.807) is 24.3 Å². The topological polar surface area (TPSA) is 125 Å². The summed E-state index contributed by atoms with van der Waals surface area (Å²) in [6.45, 7) is 3.92. The largest absolute Gasteiger partial charge is 0.495 e. The van der Waals surface area contributed by atoms with Gasteiger partial charge in [-0.2, -0.15) is 4.98 Å². The van der Waals surface area contributed by atoms with Crippen LogP contribution in [0.15, 0.2) is 47.3 Å². The van der Waals surface area contributed by atoms with Crippen LogP contribution in [-0.4, -0.2) is 28.9 Å². The Kier molecular flexibility index (Phi) is 5.63. The van der Waals surface area contributed by atoms with Crippen molar-refractivity contribution in [1.29, 1.82) is 0 Å². The van der Waals surface area contributed by atoms with Crippen LogP contribution in [0.3, 0.4) is 0 Å². The summed E-state index contributed by atoms with van der Waals surface area (Å²) in [4.78, 5) is 45.2. The number of amides is 2.